The fraction of sp³-hybridized carbons (Fsp3) is 0.533. The number of nitrogens with two attached hydrogens (primary N) is 2. The van der Waals surface area contributed by atoms with Crippen molar-refractivity contribution in [3.05, 3.63) is 21.4 Å². The smallest absolute Gasteiger partial charge is 0.314 e. The molecular formula is C15H20N4O3S. The third-order valence-corrected chi connectivity index (χ3v) is 5.76. The average molecular weight is 336 g/mol. The number of hydrogen-bond acceptors (Lipinski definition) is 4. The Hall–Kier alpha value is -2.09. The zero-order valence-electron chi connectivity index (χ0n) is 12.8. The molecule has 23 heavy (non-hydrogen) atoms. The highest BCUT2D eigenvalue weighted by Gasteiger charge is 2.32. The normalized spacial score (nSPS) is 21.0. The molecule has 1 aromatic heterocycles. The second-order valence-corrected chi connectivity index (χ2v) is 7.19. The molecule has 1 saturated heterocycles. The van der Waals surface area contributed by atoms with Crippen molar-refractivity contribution in [3.8, 4) is 0 Å². The van der Waals surface area contributed by atoms with Crippen LogP contribution in [0.25, 0.3) is 0 Å². The average Bonchev–Trinajstić information content (AvgIpc) is 2.97. The van der Waals surface area contributed by atoms with Crippen molar-refractivity contribution in [1.29, 1.82) is 0 Å². The summed E-state index contributed by atoms with van der Waals surface area (Å²) in [5.74, 6) is -0.549. The lowest BCUT2D eigenvalue weighted by molar-refractivity contribution is -0.137. The van der Waals surface area contributed by atoms with Crippen LogP contribution in [-0.2, 0) is 17.8 Å². The lowest BCUT2D eigenvalue weighted by Gasteiger charge is -2.35. The SMILES string of the molecule is NC(=O)c1cc2c(s1)CCN(C(=O)[C@H]1CCCN(C(N)=O)C1)C2. The van der Waals surface area contributed by atoms with E-state index in [4.69, 9.17) is 11.5 Å². The van der Waals surface area contributed by atoms with Crippen LogP contribution in [0.3, 0.4) is 0 Å². The highest BCUT2D eigenvalue weighted by Crippen LogP contribution is 2.29. The summed E-state index contributed by atoms with van der Waals surface area (Å²) in [6.45, 7) is 2.16. The van der Waals surface area contributed by atoms with Crippen LogP contribution >= 0.6 is 11.3 Å². The van der Waals surface area contributed by atoms with Crippen LogP contribution in [-0.4, -0.2) is 47.3 Å². The molecule has 7 nitrogen and oxygen atoms in total. The van der Waals surface area contributed by atoms with Crippen LogP contribution in [0.15, 0.2) is 6.07 Å². The second kappa shape index (κ2) is 6.19. The highest BCUT2D eigenvalue weighted by molar-refractivity contribution is 7.14. The second-order valence-electron chi connectivity index (χ2n) is 6.06. The van der Waals surface area contributed by atoms with Gasteiger partial charge >= 0.3 is 6.03 Å². The van der Waals surface area contributed by atoms with Gasteiger partial charge in [0.1, 0.15) is 0 Å². The Bertz CT molecular complexity index is 657. The minimum absolute atomic E-state index is 0.0634. The van der Waals surface area contributed by atoms with Gasteiger partial charge in [0.2, 0.25) is 5.91 Å². The minimum Gasteiger partial charge on any atom is -0.365 e. The molecule has 4 N–H and O–H groups in total. The Kier molecular flexibility index (Phi) is 4.25. The Morgan fingerprint density at radius 1 is 1.17 bits per heavy atom. The zero-order valence-corrected chi connectivity index (χ0v) is 13.6. The van der Waals surface area contributed by atoms with Gasteiger partial charge in [0.25, 0.3) is 5.91 Å². The summed E-state index contributed by atoms with van der Waals surface area (Å²) in [5.41, 5.74) is 11.6. The van der Waals surface area contributed by atoms with Crippen molar-refractivity contribution >= 4 is 29.2 Å². The first-order valence-corrected chi connectivity index (χ1v) is 8.52. The number of rotatable bonds is 2. The monoisotopic (exact) mass is 336 g/mol. The standard InChI is InChI=1S/C15H20N4O3S/c16-13(20)12-6-10-8-18(5-3-11(10)23-12)14(21)9-2-1-4-19(7-9)15(17)22/h6,9H,1-5,7-8H2,(H2,16,20)(H2,17,22)/t9-/m0/s1. The van der Waals surface area contributed by atoms with E-state index >= 15 is 0 Å². The van der Waals surface area contributed by atoms with Gasteiger partial charge in [-0.1, -0.05) is 0 Å². The summed E-state index contributed by atoms with van der Waals surface area (Å²) < 4.78 is 0. The number of piperidine rings is 1. The largest absolute Gasteiger partial charge is 0.365 e. The molecule has 0 unspecified atom stereocenters. The van der Waals surface area contributed by atoms with Crippen molar-refractivity contribution in [2.24, 2.45) is 17.4 Å². The number of urea groups is 1. The van der Waals surface area contributed by atoms with E-state index < -0.39 is 11.9 Å². The molecule has 4 amide bonds. The summed E-state index contributed by atoms with van der Waals surface area (Å²) in [4.78, 5) is 40.4. The van der Waals surface area contributed by atoms with Crippen molar-refractivity contribution in [3.63, 3.8) is 0 Å². The predicted octanol–water partition coefficient (Wildman–Crippen LogP) is 0.522. The summed E-state index contributed by atoms with van der Waals surface area (Å²) >= 11 is 1.42. The number of likely N-dealkylation sites (tertiary alicyclic amines) is 1. The van der Waals surface area contributed by atoms with Gasteiger partial charge < -0.3 is 21.3 Å². The number of fused-ring (bicyclic) bond motifs is 1. The summed E-state index contributed by atoms with van der Waals surface area (Å²) in [6.07, 6.45) is 2.32. The lowest BCUT2D eigenvalue weighted by Crippen LogP contribution is -2.49. The van der Waals surface area contributed by atoms with Crippen molar-refractivity contribution < 1.29 is 14.4 Å². The van der Waals surface area contributed by atoms with Crippen molar-refractivity contribution in [2.75, 3.05) is 19.6 Å². The molecule has 0 aliphatic carbocycles. The first-order chi connectivity index (χ1) is 11.0. The Labute approximate surface area is 138 Å². The highest BCUT2D eigenvalue weighted by atomic mass is 32.1. The van der Waals surface area contributed by atoms with E-state index in [1.54, 1.807) is 6.07 Å². The van der Waals surface area contributed by atoms with Crippen LogP contribution in [0.5, 0.6) is 0 Å². The topological polar surface area (TPSA) is 110 Å². The molecule has 3 heterocycles. The molecule has 0 radical (unpaired) electrons. The van der Waals surface area contributed by atoms with Gasteiger partial charge in [-0.05, 0) is 30.9 Å². The molecule has 2 aliphatic heterocycles. The van der Waals surface area contributed by atoms with Gasteiger partial charge in [-0.3, -0.25) is 9.59 Å². The van der Waals surface area contributed by atoms with Gasteiger partial charge in [0, 0.05) is 31.1 Å². The molecule has 0 spiro atoms. The molecule has 0 bridgehead atoms. The third-order valence-electron chi connectivity index (χ3n) is 4.50. The van der Waals surface area contributed by atoms with Gasteiger partial charge in [0.15, 0.2) is 0 Å². The van der Waals surface area contributed by atoms with Crippen molar-refractivity contribution in [2.45, 2.75) is 25.8 Å². The van der Waals surface area contributed by atoms with Gasteiger partial charge in [-0.15, -0.1) is 11.3 Å². The first-order valence-electron chi connectivity index (χ1n) is 7.70. The molecule has 1 aromatic rings. The molecule has 1 atom stereocenters. The number of carbonyl (C=O) groups excluding carboxylic acids is 3. The molecule has 2 aliphatic rings. The van der Waals surface area contributed by atoms with Crippen LogP contribution < -0.4 is 11.5 Å². The number of amides is 4. The molecule has 3 rings (SSSR count). The van der Waals surface area contributed by atoms with E-state index in [2.05, 4.69) is 0 Å². The first kappa shape index (κ1) is 15.8. The molecule has 0 aromatic carbocycles. The van der Waals surface area contributed by atoms with E-state index in [0.29, 0.717) is 31.1 Å². The number of carbonyl (C=O) groups is 3. The molecule has 124 valence electrons. The van der Waals surface area contributed by atoms with Gasteiger partial charge in [-0.25, -0.2) is 4.79 Å². The fourth-order valence-electron chi connectivity index (χ4n) is 3.28. The minimum atomic E-state index is -0.465. The summed E-state index contributed by atoms with van der Waals surface area (Å²) in [6, 6.07) is 1.32. The number of hydrogen-bond donors (Lipinski definition) is 2. The quantitative estimate of drug-likeness (QED) is 0.821. The maximum atomic E-state index is 12.7. The maximum absolute atomic E-state index is 12.7. The number of primary amides is 2. The molecule has 0 saturated carbocycles. The third kappa shape index (κ3) is 3.17. The van der Waals surface area contributed by atoms with E-state index in [1.165, 1.54) is 16.2 Å². The summed E-state index contributed by atoms with van der Waals surface area (Å²) in [7, 11) is 0. The summed E-state index contributed by atoms with van der Waals surface area (Å²) in [5, 5.41) is 0. The number of nitrogens with zero attached hydrogens (tertiary/aromatic N) is 2. The molecule has 1 fully saturated rings. The Morgan fingerprint density at radius 3 is 2.65 bits per heavy atom. The van der Waals surface area contributed by atoms with E-state index in [0.717, 1.165) is 29.7 Å². The number of thiophene rings is 1. The zero-order chi connectivity index (χ0) is 16.6. The Morgan fingerprint density at radius 2 is 1.96 bits per heavy atom. The van der Waals surface area contributed by atoms with Crippen LogP contribution in [0.2, 0.25) is 0 Å². The van der Waals surface area contributed by atoms with Crippen LogP contribution in [0.4, 0.5) is 4.79 Å². The van der Waals surface area contributed by atoms with E-state index in [9.17, 15) is 14.4 Å². The predicted molar refractivity (Wildman–Crippen MR) is 85.8 cm³/mol. The van der Waals surface area contributed by atoms with Crippen LogP contribution in [0.1, 0.15) is 33.0 Å². The lowest BCUT2D eigenvalue weighted by atomic mass is 9.95. The van der Waals surface area contributed by atoms with Gasteiger partial charge in [-0.2, -0.15) is 0 Å². The van der Waals surface area contributed by atoms with Gasteiger partial charge in [0.05, 0.1) is 10.8 Å². The fourth-order valence-corrected chi connectivity index (χ4v) is 4.29. The van der Waals surface area contributed by atoms with Crippen LogP contribution in [0, 0.1) is 5.92 Å². The maximum Gasteiger partial charge on any atom is 0.314 e. The van der Waals surface area contributed by atoms with E-state index in [-0.39, 0.29) is 11.8 Å². The molecular weight excluding hydrogens is 316 g/mol. The van der Waals surface area contributed by atoms with E-state index in [1.807, 2.05) is 4.90 Å². The Balaban J connectivity index is 1.69. The molecule has 8 heteroatoms. The van der Waals surface area contributed by atoms with Crippen molar-refractivity contribution in [1.82, 2.24) is 9.80 Å².